The number of nitrogens with two attached hydrogens (primary N) is 1. The third kappa shape index (κ3) is 1.47. The Bertz CT molecular complexity index is 358. The number of anilines is 1. The van der Waals surface area contributed by atoms with Gasteiger partial charge in [0.05, 0.1) is 0 Å². The minimum Gasteiger partial charge on any atom is -0.384 e. The molecule has 1 saturated heterocycles. The van der Waals surface area contributed by atoms with Gasteiger partial charge < -0.3 is 5.73 Å². The molecule has 1 aliphatic heterocycles. The number of hydrogen-bond acceptors (Lipinski definition) is 4. The lowest BCUT2D eigenvalue weighted by atomic mass is 10.1. The van der Waals surface area contributed by atoms with E-state index >= 15 is 0 Å². The van der Waals surface area contributed by atoms with E-state index in [4.69, 9.17) is 5.73 Å². The molecule has 3 rings (SSSR count). The quantitative estimate of drug-likeness (QED) is 0.803. The van der Waals surface area contributed by atoms with Gasteiger partial charge in [0.25, 0.3) is 0 Å². The van der Waals surface area contributed by atoms with Crippen LogP contribution in [0.3, 0.4) is 0 Å². The third-order valence-electron chi connectivity index (χ3n) is 2.78. The molecule has 1 aromatic heterocycles. The van der Waals surface area contributed by atoms with Crippen LogP contribution in [0.1, 0.15) is 36.2 Å². The molecule has 2 fully saturated rings. The van der Waals surface area contributed by atoms with Crippen molar-refractivity contribution in [1.29, 1.82) is 0 Å². The summed E-state index contributed by atoms with van der Waals surface area (Å²) >= 11 is 1.95. The van der Waals surface area contributed by atoms with Crippen LogP contribution in [-0.2, 0) is 0 Å². The Hall–Kier alpha value is -0.770. The monoisotopic (exact) mass is 207 g/mol. The van der Waals surface area contributed by atoms with Gasteiger partial charge in [-0.3, -0.25) is 0 Å². The molecule has 0 amide bonds. The van der Waals surface area contributed by atoms with E-state index in [0.717, 1.165) is 17.3 Å². The topological polar surface area (TPSA) is 51.8 Å². The summed E-state index contributed by atoms with van der Waals surface area (Å²) in [6.07, 6.45) is 2.55. The van der Waals surface area contributed by atoms with E-state index in [0.29, 0.717) is 17.7 Å². The highest BCUT2D eigenvalue weighted by atomic mass is 32.2. The number of thioether (sulfide) groups is 1. The molecule has 2 N–H and O–H groups in total. The molecular weight excluding hydrogens is 194 g/mol. The first-order valence-corrected chi connectivity index (χ1v) is 6.20. The van der Waals surface area contributed by atoms with Gasteiger partial charge in [-0.1, -0.05) is 0 Å². The predicted octanol–water partition coefficient (Wildman–Crippen LogP) is 1.77. The van der Waals surface area contributed by atoms with Crippen LogP contribution in [0.5, 0.6) is 0 Å². The zero-order valence-corrected chi connectivity index (χ0v) is 8.76. The summed E-state index contributed by atoms with van der Waals surface area (Å²) in [5.41, 5.74) is 6.95. The van der Waals surface area contributed by atoms with Crippen LogP contribution in [-0.4, -0.2) is 21.5 Å². The molecule has 4 heteroatoms. The molecular formula is C10H13N3S. The van der Waals surface area contributed by atoms with Crippen LogP contribution in [0.25, 0.3) is 0 Å². The smallest absolute Gasteiger partial charge is 0.135 e. The van der Waals surface area contributed by atoms with Crippen LogP contribution < -0.4 is 5.73 Å². The van der Waals surface area contributed by atoms with Gasteiger partial charge in [-0.05, 0) is 12.8 Å². The molecule has 14 heavy (non-hydrogen) atoms. The second-order valence-electron chi connectivity index (χ2n) is 4.08. The number of nitrogens with zero attached hydrogens (tertiary/aromatic N) is 2. The zero-order chi connectivity index (χ0) is 9.54. The first kappa shape index (κ1) is 8.53. The molecule has 2 aliphatic rings. The highest BCUT2D eigenvalue weighted by Gasteiger charge is 2.28. The maximum Gasteiger partial charge on any atom is 0.135 e. The largest absolute Gasteiger partial charge is 0.384 e. The first-order valence-electron chi connectivity index (χ1n) is 5.05. The van der Waals surface area contributed by atoms with E-state index in [1.54, 1.807) is 0 Å². The van der Waals surface area contributed by atoms with Crippen molar-refractivity contribution in [1.82, 2.24) is 9.97 Å². The van der Waals surface area contributed by atoms with Crippen molar-refractivity contribution >= 4 is 17.6 Å². The lowest BCUT2D eigenvalue weighted by Gasteiger charge is -2.23. The Morgan fingerprint density at radius 1 is 1.21 bits per heavy atom. The molecule has 0 bridgehead atoms. The van der Waals surface area contributed by atoms with Gasteiger partial charge in [0.1, 0.15) is 11.6 Å². The summed E-state index contributed by atoms with van der Waals surface area (Å²) in [4.78, 5) is 8.93. The first-order chi connectivity index (χ1) is 6.83. The van der Waals surface area contributed by atoms with E-state index < -0.39 is 0 Å². The highest BCUT2D eigenvalue weighted by Crippen LogP contribution is 2.40. The average molecular weight is 207 g/mol. The van der Waals surface area contributed by atoms with E-state index in [2.05, 4.69) is 9.97 Å². The van der Waals surface area contributed by atoms with Crippen molar-refractivity contribution in [3.63, 3.8) is 0 Å². The number of hydrogen-bond donors (Lipinski definition) is 1. The zero-order valence-electron chi connectivity index (χ0n) is 7.94. The second-order valence-corrected chi connectivity index (χ2v) is 5.16. The number of rotatable bonds is 2. The molecule has 0 atom stereocenters. The van der Waals surface area contributed by atoms with Crippen LogP contribution in [0.4, 0.5) is 5.82 Å². The van der Waals surface area contributed by atoms with Crippen molar-refractivity contribution in [3.05, 3.63) is 17.6 Å². The molecule has 2 heterocycles. The minimum absolute atomic E-state index is 0.556. The molecule has 0 unspecified atom stereocenters. The third-order valence-corrected chi connectivity index (χ3v) is 4.06. The highest BCUT2D eigenvalue weighted by molar-refractivity contribution is 8.00. The van der Waals surface area contributed by atoms with Crippen molar-refractivity contribution < 1.29 is 0 Å². The average Bonchev–Trinajstić information content (AvgIpc) is 2.80. The Labute approximate surface area is 87.5 Å². The van der Waals surface area contributed by atoms with E-state index in [1.807, 2.05) is 17.8 Å². The molecule has 1 aliphatic carbocycles. The summed E-state index contributed by atoms with van der Waals surface area (Å²) in [6, 6.07) is 1.94. The van der Waals surface area contributed by atoms with E-state index in [1.165, 1.54) is 18.5 Å². The standard InChI is InChI=1S/C10H13N3S/c11-9-3-8(6-1-2-6)12-10(13-9)7-4-14-5-7/h3,6-7H,1-2,4-5H2,(H2,11,12,13). The van der Waals surface area contributed by atoms with Crippen LogP contribution >= 0.6 is 11.8 Å². The molecule has 3 nitrogen and oxygen atoms in total. The minimum atomic E-state index is 0.556. The van der Waals surface area contributed by atoms with Crippen molar-refractivity contribution in [2.45, 2.75) is 24.7 Å². The second kappa shape index (κ2) is 3.12. The summed E-state index contributed by atoms with van der Waals surface area (Å²) in [5.74, 6) is 5.17. The summed E-state index contributed by atoms with van der Waals surface area (Å²) in [7, 11) is 0. The Kier molecular flexibility index (Phi) is 1.90. The van der Waals surface area contributed by atoms with E-state index in [-0.39, 0.29) is 0 Å². The number of aromatic nitrogens is 2. The Morgan fingerprint density at radius 3 is 2.57 bits per heavy atom. The maximum atomic E-state index is 5.78. The fraction of sp³-hybridized carbons (Fsp3) is 0.600. The van der Waals surface area contributed by atoms with Crippen molar-refractivity contribution in [2.75, 3.05) is 17.2 Å². The van der Waals surface area contributed by atoms with Gasteiger partial charge in [0.2, 0.25) is 0 Å². The Balaban J connectivity index is 1.93. The summed E-state index contributed by atoms with van der Waals surface area (Å²) in [5, 5.41) is 0. The SMILES string of the molecule is Nc1cc(C2CC2)nc(C2CSC2)n1. The fourth-order valence-electron chi connectivity index (χ4n) is 1.66. The summed E-state index contributed by atoms with van der Waals surface area (Å²) in [6.45, 7) is 0. The molecule has 0 spiro atoms. The van der Waals surface area contributed by atoms with Gasteiger partial charge in [0, 0.05) is 35.1 Å². The van der Waals surface area contributed by atoms with Crippen LogP contribution in [0.15, 0.2) is 6.07 Å². The van der Waals surface area contributed by atoms with Crippen LogP contribution in [0, 0.1) is 0 Å². The normalized spacial score (nSPS) is 22.0. The van der Waals surface area contributed by atoms with Gasteiger partial charge in [-0.2, -0.15) is 11.8 Å². The van der Waals surface area contributed by atoms with Gasteiger partial charge in [-0.25, -0.2) is 9.97 Å². The van der Waals surface area contributed by atoms with Crippen molar-refractivity contribution in [2.24, 2.45) is 0 Å². The Morgan fingerprint density at radius 2 is 2.00 bits per heavy atom. The molecule has 0 radical (unpaired) electrons. The van der Waals surface area contributed by atoms with Crippen molar-refractivity contribution in [3.8, 4) is 0 Å². The lowest BCUT2D eigenvalue weighted by Crippen LogP contribution is -2.19. The number of nitrogen functional groups attached to an aromatic ring is 1. The molecule has 1 saturated carbocycles. The molecule has 0 aromatic carbocycles. The van der Waals surface area contributed by atoms with Gasteiger partial charge >= 0.3 is 0 Å². The predicted molar refractivity (Wildman–Crippen MR) is 58.5 cm³/mol. The van der Waals surface area contributed by atoms with Gasteiger partial charge in [-0.15, -0.1) is 0 Å². The maximum absolute atomic E-state index is 5.78. The molecule has 74 valence electrons. The fourth-order valence-corrected chi connectivity index (χ4v) is 2.43. The van der Waals surface area contributed by atoms with E-state index in [9.17, 15) is 0 Å². The lowest BCUT2D eigenvalue weighted by molar-refractivity contribution is 0.750. The van der Waals surface area contributed by atoms with Gasteiger partial charge in [0.15, 0.2) is 0 Å². The van der Waals surface area contributed by atoms with Crippen LogP contribution in [0.2, 0.25) is 0 Å². The molecule has 1 aromatic rings. The summed E-state index contributed by atoms with van der Waals surface area (Å²) < 4.78 is 0.